The molecular weight excluding hydrogens is 124 g/mol. The molecule has 48 valence electrons. The van der Waals surface area contributed by atoms with Crippen LogP contribution in [0.2, 0.25) is 0 Å². The van der Waals surface area contributed by atoms with Gasteiger partial charge in [0.15, 0.2) is 0 Å². The molecule has 0 spiro atoms. The molecule has 0 aliphatic rings. The van der Waals surface area contributed by atoms with Crippen LogP contribution in [-0.2, 0) is 0 Å². The Morgan fingerprint density at radius 2 is 2.38 bits per heavy atom. The van der Waals surface area contributed by atoms with Gasteiger partial charge in [-0.3, -0.25) is 0 Å². The van der Waals surface area contributed by atoms with Gasteiger partial charge in [0.2, 0.25) is 0 Å². The highest BCUT2D eigenvalue weighted by Gasteiger charge is 1.90. The Bertz CT molecular complexity index is 70.9. The van der Waals surface area contributed by atoms with Gasteiger partial charge >= 0.3 is 0 Å². The van der Waals surface area contributed by atoms with Crippen LogP contribution in [0.5, 0.6) is 0 Å². The molecule has 0 saturated carbocycles. The molecule has 0 bridgehead atoms. The number of rotatable bonds is 3. The van der Waals surface area contributed by atoms with Gasteiger partial charge < -0.3 is 5.11 Å². The minimum atomic E-state index is -0.461. The molecule has 0 aromatic heterocycles. The van der Waals surface area contributed by atoms with Crippen molar-refractivity contribution in [3.8, 4) is 0 Å². The van der Waals surface area contributed by atoms with E-state index in [4.69, 9.17) is 16.7 Å². The summed E-state index contributed by atoms with van der Waals surface area (Å²) in [5, 5.41) is 8.77. The number of alkyl halides is 1. The van der Waals surface area contributed by atoms with Crippen LogP contribution < -0.4 is 0 Å². The first-order chi connectivity index (χ1) is 3.81. The van der Waals surface area contributed by atoms with E-state index in [0.29, 0.717) is 0 Å². The second kappa shape index (κ2) is 5.13. The molecule has 0 radical (unpaired) electrons. The zero-order valence-electron chi connectivity index (χ0n) is 4.97. The van der Waals surface area contributed by atoms with Gasteiger partial charge in [0.05, 0.1) is 12.0 Å². The Morgan fingerprint density at radius 1 is 1.75 bits per heavy atom. The van der Waals surface area contributed by atoms with Crippen molar-refractivity contribution >= 4 is 11.6 Å². The third kappa shape index (κ3) is 4.16. The van der Waals surface area contributed by atoms with Crippen LogP contribution in [0, 0.1) is 0 Å². The summed E-state index contributed by atoms with van der Waals surface area (Å²) in [6.07, 6.45) is 4.09. The highest BCUT2D eigenvalue weighted by Crippen LogP contribution is 1.90. The van der Waals surface area contributed by atoms with Crippen molar-refractivity contribution in [1.82, 2.24) is 0 Å². The summed E-state index contributed by atoms with van der Waals surface area (Å²) >= 11 is 5.29. The molecule has 0 fully saturated rings. The van der Waals surface area contributed by atoms with Crippen LogP contribution in [0.1, 0.15) is 13.3 Å². The molecule has 0 aliphatic heterocycles. The van der Waals surface area contributed by atoms with Gasteiger partial charge in [-0.1, -0.05) is 19.1 Å². The highest BCUT2D eigenvalue weighted by atomic mass is 35.5. The van der Waals surface area contributed by atoms with Gasteiger partial charge in [-0.05, 0) is 6.42 Å². The number of allylic oxidation sites excluding steroid dienone is 1. The maximum Gasteiger partial charge on any atom is 0.0856 e. The van der Waals surface area contributed by atoms with Crippen molar-refractivity contribution in [2.24, 2.45) is 0 Å². The fourth-order valence-corrected chi connectivity index (χ4v) is 0.447. The highest BCUT2D eigenvalue weighted by molar-refractivity contribution is 6.18. The monoisotopic (exact) mass is 134 g/mol. The summed E-state index contributed by atoms with van der Waals surface area (Å²) in [6, 6.07) is 0. The SMILES string of the molecule is CCC=C[C@H](O)CCl. The van der Waals surface area contributed by atoms with E-state index >= 15 is 0 Å². The van der Waals surface area contributed by atoms with E-state index in [0.717, 1.165) is 6.42 Å². The van der Waals surface area contributed by atoms with E-state index < -0.39 is 6.10 Å². The Morgan fingerprint density at radius 3 is 2.75 bits per heavy atom. The molecular formula is C6H11ClO. The number of halogens is 1. The first-order valence-electron chi connectivity index (χ1n) is 2.72. The van der Waals surface area contributed by atoms with E-state index in [2.05, 4.69) is 0 Å². The van der Waals surface area contributed by atoms with Crippen molar-refractivity contribution < 1.29 is 5.11 Å². The number of aliphatic hydroxyl groups is 1. The standard InChI is InChI=1S/C6H11ClO/c1-2-3-4-6(8)5-7/h3-4,6,8H,2,5H2,1H3/t6-/m0/s1. The summed E-state index contributed by atoms with van der Waals surface area (Å²) in [5.74, 6) is 0.288. The molecule has 2 heteroatoms. The Balaban J connectivity index is 3.21. The zero-order valence-corrected chi connectivity index (χ0v) is 5.73. The molecule has 1 N–H and O–H groups in total. The van der Waals surface area contributed by atoms with E-state index in [1.807, 2.05) is 13.0 Å². The third-order valence-corrected chi connectivity index (χ3v) is 1.07. The fraction of sp³-hybridized carbons (Fsp3) is 0.667. The summed E-state index contributed by atoms with van der Waals surface area (Å²) in [4.78, 5) is 0. The fourth-order valence-electron chi connectivity index (χ4n) is 0.345. The zero-order chi connectivity index (χ0) is 6.41. The summed E-state index contributed by atoms with van der Waals surface area (Å²) < 4.78 is 0. The molecule has 0 heterocycles. The lowest BCUT2D eigenvalue weighted by Crippen LogP contribution is -2.02. The van der Waals surface area contributed by atoms with Crippen molar-refractivity contribution in [3.05, 3.63) is 12.2 Å². The van der Waals surface area contributed by atoms with Crippen LogP contribution in [0.4, 0.5) is 0 Å². The van der Waals surface area contributed by atoms with Gasteiger partial charge in [0.1, 0.15) is 0 Å². The maximum absolute atomic E-state index is 8.77. The summed E-state index contributed by atoms with van der Waals surface area (Å²) in [5.41, 5.74) is 0. The largest absolute Gasteiger partial charge is 0.388 e. The first kappa shape index (κ1) is 7.99. The smallest absolute Gasteiger partial charge is 0.0856 e. The summed E-state index contributed by atoms with van der Waals surface area (Å²) in [6.45, 7) is 2.01. The molecule has 0 amide bonds. The van der Waals surface area contributed by atoms with E-state index in [1.54, 1.807) is 6.08 Å². The minimum Gasteiger partial charge on any atom is -0.388 e. The second-order valence-corrected chi connectivity index (χ2v) is 1.87. The lowest BCUT2D eigenvalue weighted by molar-refractivity contribution is 0.247. The minimum absolute atomic E-state index is 0.288. The predicted molar refractivity (Wildman–Crippen MR) is 36.2 cm³/mol. The van der Waals surface area contributed by atoms with Crippen molar-refractivity contribution in [2.75, 3.05) is 5.88 Å². The number of hydrogen-bond donors (Lipinski definition) is 1. The van der Waals surface area contributed by atoms with Crippen LogP contribution in [0.25, 0.3) is 0 Å². The van der Waals surface area contributed by atoms with Gasteiger partial charge in [0, 0.05) is 0 Å². The van der Waals surface area contributed by atoms with E-state index in [-0.39, 0.29) is 5.88 Å². The molecule has 1 nitrogen and oxygen atoms in total. The molecule has 0 aliphatic carbocycles. The first-order valence-corrected chi connectivity index (χ1v) is 3.25. The van der Waals surface area contributed by atoms with Crippen LogP contribution in [-0.4, -0.2) is 17.1 Å². The van der Waals surface area contributed by atoms with Gasteiger partial charge in [-0.15, -0.1) is 11.6 Å². The number of aliphatic hydroxyl groups excluding tert-OH is 1. The lowest BCUT2D eigenvalue weighted by atomic mass is 10.3. The molecule has 0 aromatic rings. The topological polar surface area (TPSA) is 20.2 Å². The summed E-state index contributed by atoms with van der Waals surface area (Å²) in [7, 11) is 0. The second-order valence-electron chi connectivity index (χ2n) is 1.56. The Labute approximate surface area is 55.0 Å². The van der Waals surface area contributed by atoms with Crippen molar-refractivity contribution in [1.29, 1.82) is 0 Å². The molecule has 0 rings (SSSR count). The van der Waals surface area contributed by atoms with Crippen molar-refractivity contribution in [3.63, 3.8) is 0 Å². The predicted octanol–water partition coefficient (Wildman–Crippen LogP) is 1.55. The normalized spacial score (nSPS) is 14.9. The molecule has 0 saturated heterocycles. The van der Waals surface area contributed by atoms with Crippen LogP contribution in [0.15, 0.2) is 12.2 Å². The van der Waals surface area contributed by atoms with Crippen LogP contribution in [0.3, 0.4) is 0 Å². The molecule has 0 unspecified atom stereocenters. The Kier molecular flexibility index (Phi) is 5.13. The molecule has 8 heavy (non-hydrogen) atoms. The van der Waals surface area contributed by atoms with E-state index in [9.17, 15) is 0 Å². The average molecular weight is 135 g/mol. The van der Waals surface area contributed by atoms with Crippen molar-refractivity contribution in [2.45, 2.75) is 19.4 Å². The van der Waals surface area contributed by atoms with Crippen LogP contribution >= 0.6 is 11.6 Å². The third-order valence-electron chi connectivity index (χ3n) is 0.752. The molecule has 0 aromatic carbocycles. The average Bonchev–Trinajstić information content (AvgIpc) is 1.83. The Hall–Kier alpha value is -0.0100. The number of hydrogen-bond acceptors (Lipinski definition) is 1. The van der Waals surface area contributed by atoms with Gasteiger partial charge in [0.25, 0.3) is 0 Å². The lowest BCUT2D eigenvalue weighted by Gasteiger charge is -1.94. The van der Waals surface area contributed by atoms with E-state index in [1.165, 1.54) is 0 Å². The van der Waals surface area contributed by atoms with Gasteiger partial charge in [-0.25, -0.2) is 0 Å². The quantitative estimate of drug-likeness (QED) is 0.459. The maximum atomic E-state index is 8.77. The molecule has 1 atom stereocenters. The van der Waals surface area contributed by atoms with Gasteiger partial charge in [-0.2, -0.15) is 0 Å².